The van der Waals surface area contributed by atoms with Crippen molar-refractivity contribution in [3.05, 3.63) is 105 Å². The molecule has 12 nitrogen and oxygen atoms in total. The van der Waals surface area contributed by atoms with Gasteiger partial charge in [-0.2, -0.15) is 9.78 Å². The SMILES string of the molecule is Nc1nonc1-n1nnc(C(=O)N/N=C/c2cccc(OCc3ccc(Cl)cc3Cl)c2)c1CN1CCc2ccccc21. The molecule has 0 atom stereocenters. The molecule has 1 amide bonds. The van der Waals surface area contributed by atoms with Gasteiger partial charge in [0.25, 0.3) is 5.91 Å². The van der Waals surface area contributed by atoms with Crippen molar-refractivity contribution in [1.29, 1.82) is 0 Å². The summed E-state index contributed by atoms with van der Waals surface area (Å²) in [4.78, 5) is 15.4. The summed E-state index contributed by atoms with van der Waals surface area (Å²) < 4.78 is 12.0. The number of anilines is 2. The summed E-state index contributed by atoms with van der Waals surface area (Å²) in [5.74, 6) is 0.212. The van der Waals surface area contributed by atoms with Crippen LogP contribution in [0.5, 0.6) is 5.75 Å². The fourth-order valence-corrected chi connectivity index (χ4v) is 5.05. The average Bonchev–Trinajstić information content (AvgIpc) is 3.71. The van der Waals surface area contributed by atoms with Crippen LogP contribution in [0.4, 0.5) is 11.5 Å². The zero-order valence-corrected chi connectivity index (χ0v) is 23.5. The van der Waals surface area contributed by atoms with E-state index in [1.165, 1.54) is 16.5 Å². The molecule has 42 heavy (non-hydrogen) atoms. The predicted molar refractivity (Wildman–Crippen MR) is 157 cm³/mol. The van der Waals surface area contributed by atoms with Gasteiger partial charge in [-0.1, -0.05) is 64.8 Å². The Labute approximate surface area is 249 Å². The summed E-state index contributed by atoms with van der Waals surface area (Å²) in [6, 6.07) is 20.6. The second-order valence-electron chi connectivity index (χ2n) is 9.37. The van der Waals surface area contributed by atoms with E-state index in [2.05, 4.69) is 42.1 Å². The molecular weight excluding hydrogens is 581 g/mol. The van der Waals surface area contributed by atoms with Crippen LogP contribution in [0.3, 0.4) is 0 Å². The number of hydrogen-bond donors (Lipinski definition) is 2. The molecule has 6 rings (SSSR count). The van der Waals surface area contributed by atoms with Crippen LogP contribution in [0.15, 0.2) is 76.5 Å². The zero-order chi connectivity index (χ0) is 29.1. The molecule has 1 aliphatic rings. The van der Waals surface area contributed by atoms with Crippen molar-refractivity contribution in [2.45, 2.75) is 19.6 Å². The standard InChI is InChI=1S/C28H23Cl2N9O3/c29-20-9-8-19(22(30)13-20)16-41-21-6-3-4-17(12-21)14-32-34-28(40)25-24(39(37-33-25)27-26(31)35-42-36-27)15-38-11-10-18-5-1-2-7-23(18)38/h1-9,12-14H,10-11,15-16H2,(H2,31,35)(H,34,40)/b32-14+. The van der Waals surface area contributed by atoms with Crippen LogP contribution in [-0.2, 0) is 19.6 Å². The monoisotopic (exact) mass is 603 g/mol. The van der Waals surface area contributed by atoms with E-state index in [0.717, 1.165) is 24.2 Å². The Morgan fingerprint density at radius 2 is 2.00 bits per heavy atom. The average molecular weight is 604 g/mol. The molecule has 5 aromatic rings. The number of halogens is 2. The minimum absolute atomic E-state index is 0.0217. The summed E-state index contributed by atoms with van der Waals surface area (Å²) in [5, 5.41) is 20.9. The smallest absolute Gasteiger partial charge is 0.293 e. The first-order chi connectivity index (χ1) is 20.5. The maximum Gasteiger partial charge on any atom is 0.293 e. The first-order valence-electron chi connectivity index (χ1n) is 12.8. The lowest BCUT2D eigenvalue weighted by atomic mass is 10.2. The molecule has 212 valence electrons. The number of hydrazone groups is 1. The van der Waals surface area contributed by atoms with Crippen LogP contribution in [0, 0.1) is 0 Å². The quantitative estimate of drug-likeness (QED) is 0.184. The van der Waals surface area contributed by atoms with Gasteiger partial charge in [-0.05, 0) is 58.2 Å². The second-order valence-corrected chi connectivity index (χ2v) is 10.2. The number of carbonyl (C=O) groups excluding carboxylic acids is 1. The lowest BCUT2D eigenvalue weighted by Gasteiger charge is -2.19. The third kappa shape index (κ3) is 5.76. The normalized spacial score (nSPS) is 12.6. The summed E-state index contributed by atoms with van der Waals surface area (Å²) in [5.41, 5.74) is 12.8. The molecule has 1 aliphatic heterocycles. The Balaban J connectivity index is 1.17. The van der Waals surface area contributed by atoms with E-state index >= 15 is 0 Å². The van der Waals surface area contributed by atoms with Crippen LogP contribution in [-0.4, -0.2) is 44.0 Å². The largest absolute Gasteiger partial charge is 0.489 e. The first kappa shape index (κ1) is 27.2. The number of amides is 1. The van der Waals surface area contributed by atoms with Gasteiger partial charge in [0.05, 0.1) is 18.5 Å². The van der Waals surface area contributed by atoms with Gasteiger partial charge in [0, 0.05) is 27.8 Å². The van der Waals surface area contributed by atoms with E-state index in [9.17, 15) is 4.79 Å². The molecule has 2 aromatic heterocycles. The van der Waals surface area contributed by atoms with Crippen LogP contribution >= 0.6 is 23.2 Å². The van der Waals surface area contributed by atoms with Crippen molar-refractivity contribution < 1.29 is 14.2 Å². The number of nitrogens with zero attached hydrogens (tertiary/aromatic N) is 7. The van der Waals surface area contributed by atoms with Crippen molar-refractivity contribution in [2.75, 3.05) is 17.2 Å². The topological polar surface area (TPSA) is 150 Å². The van der Waals surface area contributed by atoms with Crippen LogP contribution in [0.25, 0.3) is 5.82 Å². The Hall–Kier alpha value is -4.94. The molecule has 0 unspecified atom stereocenters. The van der Waals surface area contributed by atoms with Crippen molar-refractivity contribution in [3.63, 3.8) is 0 Å². The molecule has 14 heteroatoms. The molecule has 0 fully saturated rings. The number of ether oxygens (including phenoxy) is 1. The van der Waals surface area contributed by atoms with E-state index in [-0.39, 0.29) is 23.9 Å². The van der Waals surface area contributed by atoms with Crippen LogP contribution < -0.4 is 20.8 Å². The molecule has 0 saturated carbocycles. The summed E-state index contributed by atoms with van der Waals surface area (Å²) >= 11 is 12.2. The van der Waals surface area contributed by atoms with Gasteiger partial charge in [0.15, 0.2) is 5.69 Å². The van der Waals surface area contributed by atoms with Gasteiger partial charge in [0.2, 0.25) is 11.6 Å². The molecule has 3 aromatic carbocycles. The maximum atomic E-state index is 13.2. The lowest BCUT2D eigenvalue weighted by Crippen LogP contribution is -2.26. The van der Waals surface area contributed by atoms with Crippen LogP contribution in [0.2, 0.25) is 10.0 Å². The molecule has 0 bridgehead atoms. The summed E-state index contributed by atoms with van der Waals surface area (Å²) in [6.07, 6.45) is 2.38. The van der Waals surface area contributed by atoms with Crippen molar-refractivity contribution in [2.24, 2.45) is 5.10 Å². The van der Waals surface area contributed by atoms with Gasteiger partial charge in [0.1, 0.15) is 12.4 Å². The minimum Gasteiger partial charge on any atom is -0.489 e. The Morgan fingerprint density at radius 3 is 2.83 bits per heavy atom. The van der Waals surface area contributed by atoms with Gasteiger partial charge in [-0.3, -0.25) is 4.79 Å². The van der Waals surface area contributed by atoms with Gasteiger partial charge >= 0.3 is 0 Å². The minimum atomic E-state index is -0.556. The van der Waals surface area contributed by atoms with E-state index in [1.54, 1.807) is 18.2 Å². The predicted octanol–water partition coefficient (Wildman–Crippen LogP) is 4.44. The molecule has 3 heterocycles. The van der Waals surface area contributed by atoms with Gasteiger partial charge in [-0.25, -0.2) is 10.1 Å². The van der Waals surface area contributed by atoms with E-state index < -0.39 is 5.91 Å². The summed E-state index contributed by atoms with van der Waals surface area (Å²) in [6.45, 7) is 1.34. The molecular formula is C28H23Cl2N9O3. The first-order valence-corrected chi connectivity index (χ1v) is 13.6. The molecule has 0 aliphatic carbocycles. The third-order valence-electron chi connectivity index (χ3n) is 6.65. The molecule has 3 N–H and O–H groups in total. The number of para-hydroxylation sites is 1. The third-order valence-corrected chi connectivity index (χ3v) is 7.23. The number of nitrogen functional groups attached to an aromatic ring is 1. The number of hydrogen-bond acceptors (Lipinski definition) is 10. The van der Waals surface area contributed by atoms with E-state index in [4.69, 9.17) is 38.3 Å². The Bertz CT molecular complexity index is 1790. The number of nitrogens with two attached hydrogens (primary N) is 1. The van der Waals surface area contributed by atoms with Crippen LogP contribution in [0.1, 0.15) is 32.9 Å². The van der Waals surface area contributed by atoms with Crippen molar-refractivity contribution >= 4 is 46.8 Å². The summed E-state index contributed by atoms with van der Waals surface area (Å²) in [7, 11) is 0. The number of nitrogens with one attached hydrogen (secondary N) is 1. The lowest BCUT2D eigenvalue weighted by molar-refractivity contribution is 0.0949. The molecule has 0 spiro atoms. The molecule has 0 saturated heterocycles. The number of benzene rings is 3. The molecule has 0 radical (unpaired) electrons. The maximum absolute atomic E-state index is 13.2. The second kappa shape index (κ2) is 11.9. The fourth-order valence-electron chi connectivity index (χ4n) is 4.58. The van der Waals surface area contributed by atoms with Crippen molar-refractivity contribution in [3.8, 4) is 11.6 Å². The highest BCUT2D eigenvalue weighted by Gasteiger charge is 2.28. The number of fused-ring (bicyclic) bond motifs is 1. The fraction of sp³-hybridized carbons (Fsp3) is 0.143. The van der Waals surface area contributed by atoms with E-state index in [0.29, 0.717) is 33.6 Å². The Kier molecular flexibility index (Phi) is 7.71. The van der Waals surface area contributed by atoms with Crippen molar-refractivity contribution in [1.82, 2.24) is 30.7 Å². The van der Waals surface area contributed by atoms with Gasteiger partial charge in [-0.15, -0.1) is 5.10 Å². The highest BCUT2D eigenvalue weighted by Crippen LogP contribution is 2.30. The Morgan fingerprint density at radius 1 is 1.12 bits per heavy atom. The number of aromatic nitrogens is 5. The number of rotatable bonds is 9. The zero-order valence-electron chi connectivity index (χ0n) is 21.9. The van der Waals surface area contributed by atoms with E-state index in [1.807, 2.05) is 42.5 Å². The number of carbonyl (C=O) groups is 1. The van der Waals surface area contributed by atoms with Gasteiger partial charge < -0.3 is 15.4 Å². The highest BCUT2D eigenvalue weighted by molar-refractivity contribution is 6.35. The highest BCUT2D eigenvalue weighted by atomic mass is 35.5.